The van der Waals surface area contributed by atoms with Crippen LogP contribution in [0.3, 0.4) is 0 Å². The van der Waals surface area contributed by atoms with Gasteiger partial charge in [-0.15, -0.1) is 0 Å². The number of ether oxygens (including phenoxy) is 2. The van der Waals surface area contributed by atoms with Gasteiger partial charge in [0.25, 0.3) is 0 Å². The molecule has 1 aromatic rings. The Labute approximate surface area is 114 Å². The molecule has 108 valence electrons. The minimum absolute atomic E-state index is 0.0347. The van der Waals surface area contributed by atoms with Crippen LogP contribution in [-0.2, 0) is 4.74 Å². The largest absolute Gasteiger partial charge is 0.491 e. The maximum absolute atomic E-state index is 9.71. The standard InChI is InChI=1S/C14H23NO4/c1-12-3-2-4-14(9-12)19-11-13(17)10-15-5-7-18-8-6-16/h2-4,9,13,15-17H,5-8,10-11H2,1H3. The molecule has 0 heterocycles. The smallest absolute Gasteiger partial charge is 0.119 e. The highest BCUT2D eigenvalue weighted by Crippen LogP contribution is 2.12. The van der Waals surface area contributed by atoms with Gasteiger partial charge in [-0.3, -0.25) is 0 Å². The molecule has 0 radical (unpaired) electrons. The number of nitrogens with one attached hydrogen (secondary N) is 1. The van der Waals surface area contributed by atoms with Gasteiger partial charge in [0, 0.05) is 13.1 Å². The maximum Gasteiger partial charge on any atom is 0.119 e. The lowest BCUT2D eigenvalue weighted by Gasteiger charge is -2.13. The highest BCUT2D eigenvalue weighted by atomic mass is 16.5. The molecule has 5 nitrogen and oxygen atoms in total. The number of aliphatic hydroxyl groups excluding tert-OH is 2. The van der Waals surface area contributed by atoms with Gasteiger partial charge in [0.15, 0.2) is 0 Å². The van der Waals surface area contributed by atoms with Crippen LogP contribution in [0.25, 0.3) is 0 Å². The molecule has 0 bridgehead atoms. The molecular formula is C14H23NO4. The summed E-state index contributed by atoms with van der Waals surface area (Å²) in [5, 5.41) is 21.3. The average Bonchev–Trinajstić information content (AvgIpc) is 2.40. The van der Waals surface area contributed by atoms with Crippen molar-refractivity contribution < 1.29 is 19.7 Å². The molecule has 1 rings (SSSR count). The van der Waals surface area contributed by atoms with Crippen LogP contribution in [0, 0.1) is 6.92 Å². The Bertz CT molecular complexity index is 346. The zero-order valence-electron chi connectivity index (χ0n) is 11.3. The number of hydrogen-bond acceptors (Lipinski definition) is 5. The first-order chi connectivity index (χ1) is 9.22. The second-order valence-electron chi connectivity index (χ2n) is 4.32. The molecule has 19 heavy (non-hydrogen) atoms. The average molecular weight is 269 g/mol. The normalized spacial score (nSPS) is 12.4. The predicted octanol–water partition coefficient (Wildman–Crippen LogP) is 0.333. The van der Waals surface area contributed by atoms with E-state index in [1.54, 1.807) is 0 Å². The Hall–Kier alpha value is -1.14. The van der Waals surface area contributed by atoms with Crippen molar-refractivity contribution in [2.24, 2.45) is 0 Å². The summed E-state index contributed by atoms with van der Waals surface area (Å²) in [6.45, 7) is 4.25. The fourth-order valence-corrected chi connectivity index (χ4v) is 1.54. The van der Waals surface area contributed by atoms with Crippen LogP contribution in [0.15, 0.2) is 24.3 Å². The molecule has 0 aromatic heterocycles. The van der Waals surface area contributed by atoms with Crippen LogP contribution in [0.1, 0.15) is 5.56 Å². The van der Waals surface area contributed by atoms with Gasteiger partial charge >= 0.3 is 0 Å². The fourth-order valence-electron chi connectivity index (χ4n) is 1.54. The van der Waals surface area contributed by atoms with E-state index in [0.717, 1.165) is 11.3 Å². The second kappa shape index (κ2) is 9.75. The van der Waals surface area contributed by atoms with Gasteiger partial charge in [-0.05, 0) is 24.6 Å². The summed E-state index contributed by atoms with van der Waals surface area (Å²) in [5.41, 5.74) is 1.13. The van der Waals surface area contributed by atoms with Crippen molar-refractivity contribution in [3.05, 3.63) is 29.8 Å². The summed E-state index contributed by atoms with van der Waals surface area (Å²) >= 11 is 0. The van der Waals surface area contributed by atoms with Crippen LogP contribution < -0.4 is 10.1 Å². The fraction of sp³-hybridized carbons (Fsp3) is 0.571. The number of benzene rings is 1. The Morgan fingerprint density at radius 3 is 2.89 bits per heavy atom. The molecule has 1 unspecified atom stereocenters. The van der Waals surface area contributed by atoms with Gasteiger partial charge in [-0.1, -0.05) is 12.1 Å². The van der Waals surface area contributed by atoms with Crippen LogP contribution >= 0.6 is 0 Å². The highest BCUT2D eigenvalue weighted by molar-refractivity contribution is 5.27. The lowest BCUT2D eigenvalue weighted by Crippen LogP contribution is -2.33. The molecule has 1 aromatic carbocycles. The van der Waals surface area contributed by atoms with E-state index in [9.17, 15) is 5.11 Å². The minimum Gasteiger partial charge on any atom is -0.491 e. The molecule has 0 saturated heterocycles. The summed E-state index contributed by atoms with van der Waals surface area (Å²) in [5.74, 6) is 0.769. The lowest BCUT2D eigenvalue weighted by atomic mass is 10.2. The van der Waals surface area contributed by atoms with E-state index in [4.69, 9.17) is 14.6 Å². The van der Waals surface area contributed by atoms with Crippen molar-refractivity contribution >= 4 is 0 Å². The highest BCUT2D eigenvalue weighted by Gasteiger charge is 2.04. The van der Waals surface area contributed by atoms with E-state index in [0.29, 0.717) is 26.3 Å². The zero-order valence-corrected chi connectivity index (χ0v) is 11.3. The summed E-state index contributed by atoms with van der Waals surface area (Å²) in [4.78, 5) is 0. The Kier molecular flexibility index (Phi) is 8.16. The predicted molar refractivity (Wildman–Crippen MR) is 73.5 cm³/mol. The van der Waals surface area contributed by atoms with Gasteiger partial charge in [-0.25, -0.2) is 0 Å². The van der Waals surface area contributed by atoms with Gasteiger partial charge in [0.1, 0.15) is 18.5 Å². The topological polar surface area (TPSA) is 71.0 Å². The molecule has 0 aliphatic heterocycles. The first-order valence-electron chi connectivity index (χ1n) is 6.49. The zero-order chi connectivity index (χ0) is 13.9. The Morgan fingerprint density at radius 2 is 2.16 bits per heavy atom. The number of hydrogen-bond donors (Lipinski definition) is 3. The second-order valence-corrected chi connectivity index (χ2v) is 4.32. The molecule has 0 aliphatic rings. The van der Waals surface area contributed by atoms with Gasteiger partial charge in [0.05, 0.1) is 19.8 Å². The summed E-state index contributed by atoms with van der Waals surface area (Å²) in [7, 11) is 0. The van der Waals surface area contributed by atoms with Gasteiger partial charge < -0.3 is 25.0 Å². The Balaban J connectivity index is 2.06. The molecule has 3 N–H and O–H groups in total. The molecule has 0 spiro atoms. The molecule has 0 saturated carbocycles. The molecule has 5 heteroatoms. The van der Waals surface area contributed by atoms with Crippen molar-refractivity contribution in [2.75, 3.05) is 39.5 Å². The van der Waals surface area contributed by atoms with E-state index in [1.807, 2.05) is 31.2 Å². The van der Waals surface area contributed by atoms with E-state index < -0.39 is 6.10 Å². The molecule has 1 atom stereocenters. The molecule has 0 amide bonds. The van der Waals surface area contributed by atoms with Crippen LogP contribution in [-0.4, -0.2) is 55.8 Å². The number of rotatable bonds is 10. The van der Waals surface area contributed by atoms with E-state index >= 15 is 0 Å². The SMILES string of the molecule is Cc1cccc(OCC(O)CNCCOCCO)c1. The number of aliphatic hydroxyl groups is 2. The molecule has 0 aliphatic carbocycles. The Morgan fingerprint density at radius 1 is 1.32 bits per heavy atom. The van der Waals surface area contributed by atoms with Crippen molar-refractivity contribution in [3.8, 4) is 5.75 Å². The minimum atomic E-state index is -0.557. The third-order valence-electron chi connectivity index (χ3n) is 2.47. The molecule has 0 fully saturated rings. The van der Waals surface area contributed by atoms with Crippen LogP contribution in [0.2, 0.25) is 0 Å². The maximum atomic E-state index is 9.71. The first kappa shape index (κ1) is 15.9. The van der Waals surface area contributed by atoms with E-state index in [2.05, 4.69) is 5.32 Å². The van der Waals surface area contributed by atoms with Crippen molar-refractivity contribution in [3.63, 3.8) is 0 Å². The van der Waals surface area contributed by atoms with E-state index in [-0.39, 0.29) is 13.2 Å². The van der Waals surface area contributed by atoms with Crippen LogP contribution in [0.4, 0.5) is 0 Å². The summed E-state index contributed by atoms with van der Waals surface area (Å²) in [6, 6.07) is 7.73. The van der Waals surface area contributed by atoms with Crippen molar-refractivity contribution in [1.29, 1.82) is 0 Å². The lowest BCUT2D eigenvalue weighted by molar-refractivity contribution is 0.0842. The van der Waals surface area contributed by atoms with Crippen molar-refractivity contribution in [1.82, 2.24) is 5.32 Å². The van der Waals surface area contributed by atoms with E-state index in [1.165, 1.54) is 0 Å². The van der Waals surface area contributed by atoms with Crippen molar-refractivity contribution in [2.45, 2.75) is 13.0 Å². The first-order valence-corrected chi connectivity index (χ1v) is 6.49. The third kappa shape index (κ3) is 7.79. The monoisotopic (exact) mass is 269 g/mol. The summed E-state index contributed by atoms with van der Waals surface area (Å²) in [6.07, 6.45) is -0.557. The van der Waals surface area contributed by atoms with Crippen LogP contribution in [0.5, 0.6) is 5.75 Å². The quantitative estimate of drug-likeness (QED) is 0.534. The van der Waals surface area contributed by atoms with Gasteiger partial charge in [-0.2, -0.15) is 0 Å². The summed E-state index contributed by atoms with van der Waals surface area (Å²) < 4.78 is 10.6. The van der Waals surface area contributed by atoms with Gasteiger partial charge in [0.2, 0.25) is 0 Å². The number of aryl methyl sites for hydroxylation is 1. The molecular weight excluding hydrogens is 246 g/mol. The third-order valence-corrected chi connectivity index (χ3v) is 2.47.